The monoisotopic (exact) mass is 239 g/mol. The minimum absolute atomic E-state index is 0.124. The fourth-order valence-corrected chi connectivity index (χ4v) is 2.55. The topological polar surface area (TPSA) is 26.0 Å². The van der Waals surface area contributed by atoms with Gasteiger partial charge in [-0.3, -0.25) is 0 Å². The van der Waals surface area contributed by atoms with Crippen molar-refractivity contribution in [3.05, 3.63) is 35.4 Å². The maximum Gasteiger partial charge on any atom is 0.276 e. The predicted octanol–water partition coefficient (Wildman–Crippen LogP) is 3.99. The molecular formula is C14H19F2N. The molecule has 0 amide bonds. The summed E-state index contributed by atoms with van der Waals surface area (Å²) in [7, 11) is 0. The lowest BCUT2D eigenvalue weighted by atomic mass is 9.91. The second-order valence-corrected chi connectivity index (χ2v) is 5.02. The largest absolute Gasteiger partial charge is 0.324 e. The highest BCUT2D eigenvalue weighted by atomic mass is 19.3. The van der Waals surface area contributed by atoms with Crippen molar-refractivity contribution in [1.29, 1.82) is 0 Å². The third-order valence-corrected chi connectivity index (χ3v) is 3.67. The van der Waals surface area contributed by atoms with E-state index in [1.807, 2.05) is 6.92 Å². The number of benzene rings is 1. The maximum atomic E-state index is 14.3. The van der Waals surface area contributed by atoms with Crippen molar-refractivity contribution in [3.8, 4) is 0 Å². The van der Waals surface area contributed by atoms with E-state index >= 15 is 0 Å². The Balaban J connectivity index is 2.28. The molecule has 1 aliphatic rings. The first-order valence-corrected chi connectivity index (χ1v) is 6.25. The van der Waals surface area contributed by atoms with Gasteiger partial charge in [-0.1, -0.05) is 31.0 Å². The van der Waals surface area contributed by atoms with E-state index in [1.54, 1.807) is 18.2 Å². The van der Waals surface area contributed by atoms with Crippen LogP contribution in [0.15, 0.2) is 24.3 Å². The van der Waals surface area contributed by atoms with Crippen LogP contribution in [0.4, 0.5) is 8.78 Å². The van der Waals surface area contributed by atoms with Crippen LogP contribution in [0.1, 0.15) is 49.8 Å². The van der Waals surface area contributed by atoms with Crippen LogP contribution in [0.25, 0.3) is 0 Å². The summed E-state index contributed by atoms with van der Waals surface area (Å²) in [5.74, 6) is -3.20. The summed E-state index contributed by atoms with van der Waals surface area (Å²) in [4.78, 5) is 0. The standard InChI is InChI=1S/C14H19F2N/c1-10(17)11-5-4-8-13(9-11)14(15,16)12-6-2-3-7-12/h4-5,8-10,12H,2-3,6-7,17H2,1H3/t10-/m1/s1. The summed E-state index contributed by atoms with van der Waals surface area (Å²) in [6, 6.07) is 6.36. The van der Waals surface area contributed by atoms with Gasteiger partial charge in [0.1, 0.15) is 0 Å². The van der Waals surface area contributed by atoms with Gasteiger partial charge in [0.25, 0.3) is 5.92 Å². The summed E-state index contributed by atoms with van der Waals surface area (Å²) >= 11 is 0. The van der Waals surface area contributed by atoms with Gasteiger partial charge >= 0.3 is 0 Å². The Morgan fingerprint density at radius 1 is 1.29 bits per heavy atom. The summed E-state index contributed by atoms with van der Waals surface area (Å²) in [6.45, 7) is 1.81. The number of hydrogen-bond acceptors (Lipinski definition) is 1. The van der Waals surface area contributed by atoms with Crippen molar-refractivity contribution in [2.45, 2.75) is 44.6 Å². The van der Waals surface area contributed by atoms with Gasteiger partial charge in [-0.15, -0.1) is 0 Å². The SMILES string of the molecule is C[C@@H](N)c1cccc(C(F)(F)C2CCCC2)c1. The molecule has 0 aliphatic heterocycles. The fraction of sp³-hybridized carbons (Fsp3) is 0.571. The van der Waals surface area contributed by atoms with Crippen LogP contribution in [0.3, 0.4) is 0 Å². The average Bonchev–Trinajstić information content (AvgIpc) is 2.83. The molecule has 1 aliphatic carbocycles. The van der Waals surface area contributed by atoms with E-state index < -0.39 is 11.8 Å². The van der Waals surface area contributed by atoms with Crippen LogP contribution in [0.2, 0.25) is 0 Å². The molecule has 1 fully saturated rings. The van der Waals surface area contributed by atoms with Gasteiger partial charge in [-0.25, -0.2) is 8.78 Å². The summed E-state index contributed by atoms with van der Waals surface area (Å²) in [6.07, 6.45) is 3.12. The van der Waals surface area contributed by atoms with Gasteiger partial charge in [0, 0.05) is 17.5 Å². The van der Waals surface area contributed by atoms with Crippen LogP contribution >= 0.6 is 0 Å². The van der Waals surface area contributed by atoms with Crippen LogP contribution in [0.5, 0.6) is 0 Å². The molecule has 17 heavy (non-hydrogen) atoms. The Kier molecular flexibility index (Phi) is 3.48. The molecule has 2 rings (SSSR count). The predicted molar refractivity (Wildman–Crippen MR) is 64.9 cm³/mol. The zero-order valence-corrected chi connectivity index (χ0v) is 10.1. The van der Waals surface area contributed by atoms with Gasteiger partial charge in [-0.2, -0.15) is 0 Å². The minimum atomic E-state index is -2.71. The highest BCUT2D eigenvalue weighted by molar-refractivity contribution is 5.29. The number of nitrogens with two attached hydrogens (primary N) is 1. The van der Waals surface area contributed by atoms with E-state index in [4.69, 9.17) is 5.73 Å². The van der Waals surface area contributed by atoms with Crippen molar-refractivity contribution < 1.29 is 8.78 Å². The molecule has 1 nitrogen and oxygen atoms in total. The molecule has 1 saturated carbocycles. The Labute approximate surface area is 101 Å². The molecule has 0 heterocycles. The Bertz CT molecular complexity index is 382. The van der Waals surface area contributed by atoms with E-state index in [0.717, 1.165) is 18.4 Å². The number of halogens is 2. The molecule has 0 bridgehead atoms. The second kappa shape index (κ2) is 4.73. The Hall–Kier alpha value is -0.960. The molecule has 0 saturated heterocycles. The quantitative estimate of drug-likeness (QED) is 0.848. The van der Waals surface area contributed by atoms with E-state index in [-0.39, 0.29) is 11.6 Å². The van der Waals surface area contributed by atoms with Crippen LogP contribution in [0, 0.1) is 5.92 Å². The van der Waals surface area contributed by atoms with Crippen molar-refractivity contribution in [1.82, 2.24) is 0 Å². The van der Waals surface area contributed by atoms with Gasteiger partial charge in [-0.05, 0) is 31.4 Å². The van der Waals surface area contributed by atoms with E-state index in [9.17, 15) is 8.78 Å². The molecule has 0 aromatic heterocycles. The molecule has 0 radical (unpaired) electrons. The smallest absolute Gasteiger partial charge is 0.276 e. The summed E-state index contributed by atoms with van der Waals surface area (Å²) < 4.78 is 28.5. The highest BCUT2D eigenvalue weighted by Gasteiger charge is 2.42. The molecule has 2 N–H and O–H groups in total. The Morgan fingerprint density at radius 3 is 2.53 bits per heavy atom. The molecule has 1 aromatic rings. The van der Waals surface area contributed by atoms with Gasteiger partial charge in [0.05, 0.1) is 0 Å². The van der Waals surface area contributed by atoms with Crippen molar-refractivity contribution in [3.63, 3.8) is 0 Å². The van der Waals surface area contributed by atoms with Gasteiger partial charge in [0.15, 0.2) is 0 Å². The number of rotatable bonds is 3. The molecule has 94 valence electrons. The molecule has 1 atom stereocenters. The van der Waals surface area contributed by atoms with Crippen molar-refractivity contribution in [2.24, 2.45) is 11.7 Å². The van der Waals surface area contributed by atoms with E-state index in [2.05, 4.69) is 0 Å². The lowest BCUT2D eigenvalue weighted by molar-refractivity contribution is -0.0626. The zero-order valence-electron chi connectivity index (χ0n) is 10.1. The molecule has 3 heteroatoms. The van der Waals surface area contributed by atoms with Crippen LogP contribution < -0.4 is 5.73 Å². The highest BCUT2D eigenvalue weighted by Crippen LogP contribution is 2.44. The first kappa shape index (κ1) is 12.5. The molecule has 1 aromatic carbocycles. The zero-order chi connectivity index (χ0) is 12.5. The van der Waals surface area contributed by atoms with E-state index in [1.165, 1.54) is 6.07 Å². The third-order valence-electron chi connectivity index (χ3n) is 3.67. The first-order valence-electron chi connectivity index (χ1n) is 6.25. The fourth-order valence-electron chi connectivity index (χ4n) is 2.55. The molecular weight excluding hydrogens is 220 g/mol. The second-order valence-electron chi connectivity index (χ2n) is 5.02. The molecule has 0 spiro atoms. The average molecular weight is 239 g/mol. The summed E-state index contributed by atoms with van der Waals surface area (Å²) in [5.41, 5.74) is 6.64. The number of hydrogen-bond donors (Lipinski definition) is 1. The lowest BCUT2D eigenvalue weighted by Gasteiger charge is -2.24. The molecule has 0 unspecified atom stereocenters. The third kappa shape index (κ3) is 2.49. The summed E-state index contributed by atoms with van der Waals surface area (Å²) in [5, 5.41) is 0. The lowest BCUT2D eigenvalue weighted by Crippen LogP contribution is -2.24. The van der Waals surface area contributed by atoms with Crippen LogP contribution in [-0.4, -0.2) is 0 Å². The van der Waals surface area contributed by atoms with E-state index in [0.29, 0.717) is 12.8 Å². The maximum absolute atomic E-state index is 14.3. The van der Waals surface area contributed by atoms with Gasteiger partial charge in [0.2, 0.25) is 0 Å². The van der Waals surface area contributed by atoms with Crippen molar-refractivity contribution >= 4 is 0 Å². The van der Waals surface area contributed by atoms with Crippen LogP contribution in [-0.2, 0) is 5.92 Å². The first-order chi connectivity index (χ1) is 8.01. The van der Waals surface area contributed by atoms with Gasteiger partial charge < -0.3 is 5.73 Å². The van der Waals surface area contributed by atoms with Crippen molar-refractivity contribution in [2.75, 3.05) is 0 Å². The normalized spacial score (nSPS) is 19.5. The Morgan fingerprint density at radius 2 is 1.94 bits per heavy atom. The minimum Gasteiger partial charge on any atom is -0.324 e. The number of alkyl halides is 2.